The first-order chi connectivity index (χ1) is 21.8. The van der Waals surface area contributed by atoms with Gasteiger partial charge in [-0.25, -0.2) is 0 Å². The van der Waals surface area contributed by atoms with Gasteiger partial charge in [0.05, 0.1) is 12.6 Å². The number of carbonyl (C=O) groups is 3. The number of halogens is 3. The standard InChI is InChI=1S/C35H36Cl2IN3O5/c1-34(2,3)46-31(43)19-41-13-11-24(12-14-41)45-29-10-8-23(38)17-25(29)32-35(26-9-7-22(37)16-28(26)39-33(35)44)27(18-30(42)40-32)20-5-4-6-21(36)15-20/h4-10,15-17,24,27,32H,11-14,18-19H2,1-3H3,(H,39,44)(H,40,42)/t27-,32+,35?/m0/s1. The summed E-state index contributed by atoms with van der Waals surface area (Å²) in [6.45, 7) is 7.19. The monoisotopic (exact) mass is 775 g/mol. The molecule has 8 nitrogen and oxygen atoms in total. The normalized spacial score (nSPS) is 23.5. The van der Waals surface area contributed by atoms with Gasteiger partial charge >= 0.3 is 5.97 Å². The van der Waals surface area contributed by atoms with E-state index in [-0.39, 0.29) is 36.9 Å². The van der Waals surface area contributed by atoms with Crippen LogP contribution in [0.5, 0.6) is 5.75 Å². The summed E-state index contributed by atoms with van der Waals surface area (Å²) in [6, 6.07) is 17.9. The first-order valence-corrected chi connectivity index (χ1v) is 17.2. The molecule has 2 fully saturated rings. The van der Waals surface area contributed by atoms with Gasteiger partial charge in [0, 0.05) is 50.3 Å². The van der Waals surface area contributed by atoms with Crippen molar-refractivity contribution in [3.05, 3.63) is 91.0 Å². The lowest BCUT2D eigenvalue weighted by molar-refractivity contribution is -0.156. The number of ether oxygens (including phenoxy) is 2. The Morgan fingerprint density at radius 2 is 1.76 bits per heavy atom. The highest BCUT2D eigenvalue weighted by atomic mass is 127. The minimum absolute atomic E-state index is 0.0998. The number of likely N-dealkylation sites (tertiary alicyclic amines) is 1. The number of benzene rings is 3. The van der Waals surface area contributed by atoms with Crippen molar-refractivity contribution in [2.45, 2.75) is 69.1 Å². The molecule has 0 aromatic heterocycles. The fraction of sp³-hybridized carbons (Fsp3) is 0.400. The molecule has 2 amide bonds. The van der Waals surface area contributed by atoms with E-state index in [1.807, 2.05) is 63.2 Å². The van der Waals surface area contributed by atoms with E-state index < -0.39 is 23.0 Å². The van der Waals surface area contributed by atoms with Crippen LogP contribution in [-0.4, -0.2) is 54.0 Å². The van der Waals surface area contributed by atoms with Gasteiger partial charge in [-0.1, -0.05) is 41.4 Å². The quantitative estimate of drug-likeness (QED) is 0.207. The number of piperidine rings is 2. The molecule has 2 N–H and O–H groups in total. The second kappa shape index (κ2) is 13.0. The average molecular weight is 776 g/mol. The molecule has 2 saturated heterocycles. The van der Waals surface area contributed by atoms with Crippen molar-refractivity contribution in [1.29, 1.82) is 0 Å². The molecule has 3 aliphatic rings. The van der Waals surface area contributed by atoms with Crippen LogP contribution in [0.25, 0.3) is 0 Å². The summed E-state index contributed by atoms with van der Waals surface area (Å²) in [5.41, 5.74) is 1.17. The number of nitrogens with one attached hydrogen (secondary N) is 2. The molecule has 242 valence electrons. The van der Waals surface area contributed by atoms with E-state index in [0.29, 0.717) is 47.4 Å². The van der Waals surface area contributed by atoms with Gasteiger partial charge in [-0.3, -0.25) is 19.3 Å². The molecule has 3 heterocycles. The van der Waals surface area contributed by atoms with Crippen molar-refractivity contribution < 1.29 is 23.9 Å². The summed E-state index contributed by atoms with van der Waals surface area (Å²) < 4.78 is 13.1. The molecule has 6 rings (SSSR count). The second-order valence-electron chi connectivity index (χ2n) is 13.2. The zero-order chi connectivity index (χ0) is 32.8. The fourth-order valence-corrected chi connectivity index (χ4v) is 7.93. The van der Waals surface area contributed by atoms with E-state index >= 15 is 0 Å². The first-order valence-electron chi connectivity index (χ1n) is 15.4. The molecule has 0 bridgehead atoms. The Balaban J connectivity index is 1.36. The van der Waals surface area contributed by atoms with E-state index in [9.17, 15) is 14.4 Å². The van der Waals surface area contributed by atoms with Gasteiger partial charge in [-0.05, 0) is 110 Å². The number of fused-ring (bicyclic) bond motifs is 2. The molecule has 0 radical (unpaired) electrons. The predicted octanol–water partition coefficient (Wildman–Crippen LogP) is 7.02. The first kappa shape index (κ1) is 33.1. The third-order valence-corrected chi connectivity index (χ3v) is 10.0. The number of esters is 1. The smallest absolute Gasteiger partial charge is 0.320 e. The lowest BCUT2D eigenvalue weighted by atomic mass is 9.59. The number of anilines is 1. The Morgan fingerprint density at radius 1 is 1.02 bits per heavy atom. The van der Waals surface area contributed by atoms with Gasteiger partial charge in [0.25, 0.3) is 0 Å². The van der Waals surface area contributed by atoms with Crippen LogP contribution in [0.15, 0.2) is 60.7 Å². The highest BCUT2D eigenvalue weighted by Crippen LogP contribution is 2.58. The summed E-state index contributed by atoms with van der Waals surface area (Å²) in [5, 5.41) is 7.32. The Bertz CT molecular complexity index is 1690. The maximum Gasteiger partial charge on any atom is 0.320 e. The van der Waals surface area contributed by atoms with Crippen molar-refractivity contribution in [1.82, 2.24) is 10.2 Å². The van der Waals surface area contributed by atoms with Crippen LogP contribution >= 0.6 is 45.8 Å². The van der Waals surface area contributed by atoms with Crippen LogP contribution < -0.4 is 15.4 Å². The van der Waals surface area contributed by atoms with Crippen LogP contribution in [0.2, 0.25) is 10.0 Å². The summed E-state index contributed by atoms with van der Waals surface area (Å²) >= 11 is 15.1. The molecule has 1 unspecified atom stereocenters. The number of carbonyl (C=O) groups excluding carboxylic acids is 3. The molecule has 0 aliphatic carbocycles. The molecular weight excluding hydrogens is 740 g/mol. The molecule has 11 heteroatoms. The predicted molar refractivity (Wildman–Crippen MR) is 187 cm³/mol. The van der Waals surface area contributed by atoms with Crippen molar-refractivity contribution >= 4 is 69.3 Å². The minimum Gasteiger partial charge on any atom is -0.490 e. The van der Waals surface area contributed by atoms with Crippen LogP contribution in [-0.2, 0) is 24.5 Å². The van der Waals surface area contributed by atoms with Crippen molar-refractivity contribution in [3.63, 3.8) is 0 Å². The number of amides is 2. The SMILES string of the molecule is CC(C)(C)OC(=O)CN1CCC(Oc2ccc(I)cc2[C@H]2NC(=O)C[C@@H](c3cccc(Cl)c3)C23C(=O)Nc2cc(Cl)ccc23)CC1. The summed E-state index contributed by atoms with van der Waals surface area (Å²) in [5.74, 6) is -0.543. The Labute approximate surface area is 292 Å². The van der Waals surface area contributed by atoms with E-state index in [1.165, 1.54) is 0 Å². The molecule has 1 spiro atoms. The van der Waals surface area contributed by atoms with Gasteiger partial charge in [-0.15, -0.1) is 0 Å². The van der Waals surface area contributed by atoms with Gasteiger partial charge < -0.3 is 20.1 Å². The minimum atomic E-state index is -1.21. The van der Waals surface area contributed by atoms with Crippen LogP contribution in [0.4, 0.5) is 5.69 Å². The van der Waals surface area contributed by atoms with Gasteiger partial charge in [0.1, 0.15) is 22.9 Å². The molecule has 3 aliphatic heterocycles. The molecule has 3 atom stereocenters. The van der Waals surface area contributed by atoms with Gasteiger partial charge in [0.15, 0.2) is 0 Å². The van der Waals surface area contributed by atoms with Gasteiger partial charge in [0.2, 0.25) is 11.8 Å². The Morgan fingerprint density at radius 3 is 2.48 bits per heavy atom. The zero-order valence-corrected chi connectivity index (χ0v) is 29.5. The number of rotatable bonds is 6. The average Bonchev–Trinajstić information content (AvgIpc) is 3.25. The third kappa shape index (κ3) is 6.61. The topological polar surface area (TPSA) is 97.0 Å². The highest BCUT2D eigenvalue weighted by molar-refractivity contribution is 14.1. The van der Waals surface area contributed by atoms with E-state index in [0.717, 1.165) is 20.3 Å². The largest absolute Gasteiger partial charge is 0.490 e. The molecular formula is C35H36Cl2IN3O5. The lowest BCUT2D eigenvalue weighted by Gasteiger charge is -2.47. The number of nitrogens with zero attached hydrogens (tertiary/aromatic N) is 1. The fourth-order valence-electron chi connectivity index (χ4n) is 7.04. The van der Waals surface area contributed by atoms with E-state index in [1.54, 1.807) is 18.2 Å². The van der Waals surface area contributed by atoms with Crippen LogP contribution in [0, 0.1) is 3.57 Å². The summed E-state index contributed by atoms with van der Waals surface area (Å²) in [7, 11) is 0. The molecule has 46 heavy (non-hydrogen) atoms. The second-order valence-corrected chi connectivity index (χ2v) is 15.3. The maximum absolute atomic E-state index is 14.5. The van der Waals surface area contributed by atoms with E-state index in [4.69, 9.17) is 32.7 Å². The van der Waals surface area contributed by atoms with Crippen molar-refractivity contribution in [2.24, 2.45) is 0 Å². The molecule has 3 aromatic carbocycles. The van der Waals surface area contributed by atoms with Crippen LogP contribution in [0.3, 0.4) is 0 Å². The Hall–Kier alpha value is -2.86. The number of hydrogen-bond acceptors (Lipinski definition) is 6. The summed E-state index contributed by atoms with van der Waals surface area (Å²) in [6.07, 6.45) is 1.41. The van der Waals surface area contributed by atoms with E-state index in [2.05, 4.69) is 38.1 Å². The Kier molecular flexibility index (Phi) is 9.32. The molecule has 3 aromatic rings. The van der Waals surface area contributed by atoms with Gasteiger partial charge in [-0.2, -0.15) is 0 Å². The summed E-state index contributed by atoms with van der Waals surface area (Å²) in [4.78, 5) is 42.5. The van der Waals surface area contributed by atoms with Crippen molar-refractivity contribution in [3.8, 4) is 5.75 Å². The molecule has 0 saturated carbocycles. The maximum atomic E-state index is 14.5. The third-order valence-electron chi connectivity index (χ3n) is 8.89. The van der Waals surface area contributed by atoms with Crippen LogP contribution in [0.1, 0.15) is 68.7 Å². The highest BCUT2D eigenvalue weighted by Gasteiger charge is 2.61. The zero-order valence-electron chi connectivity index (χ0n) is 25.9. The lowest BCUT2D eigenvalue weighted by Crippen LogP contribution is -2.57. The number of hydrogen-bond donors (Lipinski definition) is 2. The van der Waals surface area contributed by atoms with Crippen molar-refractivity contribution in [2.75, 3.05) is 25.0 Å².